The molecule has 41 heavy (non-hydrogen) atoms. The molecule has 0 unspecified atom stereocenters. The Kier molecular flexibility index (Phi) is 9.73. The molecule has 2 amide bonds. The standard InChI is InChI=1S/C32H34N2O7/c1-4-25(36)15-18-28(21(3)35)34-19-22-11-12-23(30(39-5-2)29(22)31(34)37)20-40-32(38)33-24-13-16-27(17-14-24)41-26-9-7-6-8-10-26/h6-14,16-17,28H,4-5,15,18-20H2,1-3H3,(H,33,38)/t28-/m1/s1. The van der Waals surface area contributed by atoms with Crippen molar-refractivity contribution >= 4 is 29.3 Å². The Morgan fingerprint density at radius 1 is 0.951 bits per heavy atom. The molecule has 3 aromatic rings. The number of hydrogen-bond donors (Lipinski definition) is 1. The van der Waals surface area contributed by atoms with Gasteiger partial charge in [0, 0.05) is 30.6 Å². The number of ketones is 2. The monoisotopic (exact) mass is 558 g/mol. The summed E-state index contributed by atoms with van der Waals surface area (Å²) in [7, 11) is 0. The zero-order valence-corrected chi connectivity index (χ0v) is 23.5. The van der Waals surface area contributed by atoms with Crippen LogP contribution >= 0.6 is 0 Å². The maximum Gasteiger partial charge on any atom is 0.411 e. The van der Waals surface area contributed by atoms with Crippen molar-refractivity contribution in [1.29, 1.82) is 0 Å². The van der Waals surface area contributed by atoms with Gasteiger partial charge in [-0.25, -0.2) is 4.79 Å². The molecule has 9 heteroatoms. The second-order valence-electron chi connectivity index (χ2n) is 9.65. The molecule has 1 heterocycles. The first-order chi connectivity index (χ1) is 19.8. The van der Waals surface area contributed by atoms with Crippen LogP contribution in [0.4, 0.5) is 10.5 Å². The number of carbonyl (C=O) groups is 4. The van der Waals surface area contributed by atoms with Crippen LogP contribution in [0.2, 0.25) is 0 Å². The Bertz CT molecular complexity index is 1400. The van der Waals surface area contributed by atoms with Crippen molar-refractivity contribution in [3.63, 3.8) is 0 Å². The van der Waals surface area contributed by atoms with E-state index in [1.165, 1.54) is 11.8 Å². The van der Waals surface area contributed by atoms with Gasteiger partial charge in [0.1, 0.15) is 29.6 Å². The lowest BCUT2D eigenvalue weighted by molar-refractivity contribution is -0.122. The van der Waals surface area contributed by atoms with Crippen LogP contribution in [0, 0.1) is 0 Å². The van der Waals surface area contributed by atoms with Gasteiger partial charge in [0.2, 0.25) is 0 Å². The number of benzene rings is 3. The number of fused-ring (bicyclic) bond motifs is 1. The van der Waals surface area contributed by atoms with Gasteiger partial charge in [-0.1, -0.05) is 37.3 Å². The lowest BCUT2D eigenvalue weighted by Crippen LogP contribution is -2.40. The molecule has 1 N–H and O–H groups in total. The summed E-state index contributed by atoms with van der Waals surface area (Å²) in [4.78, 5) is 51.9. The van der Waals surface area contributed by atoms with Gasteiger partial charge in [-0.3, -0.25) is 19.7 Å². The van der Waals surface area contributed by atoms with E-state index in [2.05, 4.69) is 5.32 Å². The molecule has 0 aliphatic carbocycles. The lowest BCUT2D eigenvalue weighted by atomic mass is 10.0. The van der Waals surface area contributed by atoms with Crippen LogP contribution < -0.4 is 14.8 Å². The molecule has 1 atom stereocenters. The Labute approximate surface area is 239 Å². The van der Waals surface area contributed by atoms with Crippen LogP contribution in [0.5, 0.6) is 17.2 Å². The Hall–Kier alpha value is -4.66. The second-order valence-corrected chi connectivity index (χ2v) is 9.65. The number of hydrogen-bond acceptors (Lipinski definition) is 7. The summed E-state index contributed by atoms with van der Waals surface area (Å²) >= 11 is 0. The number of anilines is 1. The van der Waals surface area contributed by atoms with Crippen molar-refractivity contribution in [2.75, 3.05) is 11.9 Å². The highest BCUT2D eigenvalue weighted by Crippen LogP contribution is 2.36. The van der Waals surface area contributed by atoms with Crippen molar-refractivity contribution < 1.29 is 33.4 Å². The van der Waals surface area contributed by atoms with Crippen molar-refractivity contribution in [2.45, 2.75) is 59.2 Å². The van der Waals surface area contributed by atoms with Gasteiger partial charge in [0.05, 0.1) is 18.2 Å². The first kappa shape index (κ1) is 29.3. The number of nitrogens with zero attached hydrogens (tertiary/aromatic N) is 1. The van der Waals surface area contributed by atoms with E-state index in [-0.39, 0.29) is 43.5 Å². The Balaban J connectivity index is 1.41. The molecule has 0 spiro atoms. The predicted molar refractivity (Wildman–Crippen MR) is 153 cm³/mol. The van der Waals surface area contributed by atoms with Gasteiger partial charge < -0.3 is 19.1 Å². The largest absolute Gasteiger partial charge is 0.493 e. The SMILES string of the molecule is CCOc1c(COC(=O)Nc2ccc(Oc3ccccc3)cc2)ccc2c1C(=O)N([C@H](CCC(=O)CC)C(C)=O)C2. The summed E-state index contributed by atoms with van der Waals surface area (Å²) < 4.78 is 17.1. The first-order valence-electron chi connectivity index (χ1n) is 13.7. The highest BCUT2D eigenvalue weighted by Gasteiger charge is 2.38. The molecule has 214 valence electrons. The van der Waals surface area contributed by atoms with Gasteiger partial charge in [0.15, 0.2) is 5.78 Å². The predicted octanol–water partition coefficient (Wildman–Crippen LogP) is 6.30. The van der Waals surface area contributed by atoms with E-state index in [1.54, 1.807) is 50.2 Å². The van der Waals surface area contributed by atoms with Gasteiger partial charge >= 0.3 is 6.09 Å². The van der Waals surface area contributed by atoms with E-state index in [0.29, 0.717) is 47.1 Å². The molecule has 1 aliphatic heterocycles. The third-order valence-electron chi connectivity index (χ3n) is 6.80. The van der Waals surface area contributed by atoms with Crippen molar-refractivity contribution in [2.24, 2.45) is 0 Å². The molecule has 0 radical (unpaired) electrons. The second kappa shape index (κ2) is 13.6. The number of nitrogens with one attached hydrogen (secondary N) is 1. The van der Waals surface area contributed by atoms with Gasteiger partial charge in [-0.15, -0.1) is 0 Å². The van der Waals surface area contributed by atoms with E-state index in [4.69, 9.17) is 14.2 Å². The van der Waals surface area contributed by atoms with Gasteiger partial charge in [-0.2, -0.15) is 0 Å². The van der Waals surface area contributed by atoms with E-state index in [1.807, 2.05) is 30.3 Å². The summed E-state index contributed by atoms with van der Waals surface area (Å²) in [5.41, 5.74) is 2.13. The molecule has 3 aromatic carbocycles. The molecule has 9 nitrogen and oxygen atoms in total. The summed E-state index contributed by atoms with van der Waals surface area (Å²) in [5.74, 6) is 1.20. The number of rotatable bonds is 13. The Morgan fingerprint density at radius 3 is 2.32 bits per heavy atom. The summed E-state index contributed by atoms with van der Waals surface area (Å²) in [5, 5.41) is 2.68. The maximum atomic E-state index is 13.5. The van der Waals surface area contributed by atoms with E-state index < -0.39 is 12.1 Å². The summed E-state index contributed by atoms with van der Waals surface area (Å²) in [6.07, 6.45) is 0.227. The fourth-order valence-corrected chi connectivity index (χ4v) is 4.69. The average Bonchev–Trinajstić information content (AvgIpc) is 3.30. The molecular formula is C32H34N2O7. The minimum absolute atomic E-state index is 0.0459. The number of ether oxygens (including phenoxy) is 3. The fourth-order valence-electron chi connectivity index (χ4n) is 4.69. The number of para-hydroxylation sites is 1. The number of carbonyl (C=O) groups excluding carboxylic acids is 4. The van der Waals surface area contributed by atoms with Crippen molar-refractivity contribution in [3.8, 4) is 17.2 Å². The zero-order valence-electron chi connectivity index (χ0n) is 23.5. The fraction of sp³-hybridized carbons (Fsp3) is 0.312. The highest BCUT2D eigenvalue weighted by molar-refractivity contribution is 6.03. The molecule has 0 fully saturated rings. The number of amides is 2. The van der Waals surface area contributed by atoms with Gasteiger partial charge in [-0.05, 0) is 62.2 Å². The van der Waals surface area contributed by atoms with Crippen LogP contribution in [0.3, 0.4) is 0 Å². The smallest absolute Gasteiger partial charge is 0.411 e. The molecule has 1 aliphatic rings. The highest BCUT2D eigenvalue weighted by atomic mass is 16.5. The van der Waals surface area contributed by atoms with Crippen molar-refractivity contribution in [1.82, 2.24) is 4.90 Å². The molecule has 0 aromatic heterocycles. The van der Waals surface area contributed by atoms with Crippen LogP contribution in [0.1, 0.15) is 61.5 Å². The molecular weight excluding hydrogens is 524 g/mol. The van der Waals surface area contributed by atoms with Crippen LogP contribution in [-0.2, 0) is 27.5 Å². The average molecular weight is 559 g/mol. The van der Waals surface area contributed by atoms with Crippen LogP contribution in [0.15, 0.2) is 66.7 Å². The molecule has 0 bridgehead atoms. The van der Waals surface area contributed by atoms with Crippen LogP contribution in [0.25, 0.3) is 0 Å². The summed E-state index contributed by atoms with van der Waals surface area (Å²) in [6, 6.07) is 19.1. The third kappa shape index (κ3) is 7.30. The molecule has 0 saturated heterocycles. The van der Waals surface area contributed by atoms with Gasteiger partial charge in [0.25, 0.3) is 5.91 Å². The normalized spacial score (nSPS) is 12.9. The van der Waals surface area contributed by atoms with E-state index >= 15 is 0 Å². The van der Waals surface area contributed by atoms with E-state index in [0.717, 1.165) is 5.56 Å². The number of Topliss-reactive ketones (excluding diaryl/α,β-unsaturated/α-hetero) is 2. The lowest BCUT2D eigenvalue weighted by Gasteiger charge is -2.25. The maximum absolute atomic E-state index is 13.5. The minimum Gasteiger partial charge on any atom is -0.493 e. The first-order valence-corrected chi connectivity index (χ1v) is 13.7. The summed E-state index contributed by atoms with van der Waals surface area (Å²) in [6.45, 7) is 5.41. The Morgan fingerprint density at radius 2 is 1.66 bits per heavy atom. The topological polar surface area (TPSA) is 111 Å². The molecule has 0 saturated carbocycles. The van der Waals surface area contributed by atoms with E-state index in [9.17, 15) is 19.2 Å². The van der Waals surface area contributed by atoms with Crippen LogP contribution in [-0.4, -0.2) is 41.1 Å². The quantitative estimate of drug-likeness (QED) is 0.262. The zero-order chi connectivity index (χ0) is 29.4. The molecule has 4 rings (SSSR count). The van der Waals surface area contributed by atoms with Crippen molar-refractivity contribution in [3.05, 3.63) is 83.4 Å². The minimum atomic E-state index is -0.699. The third-order valence-corrected chi connectivity index (χ3v) is 6.80.